The number of carbonyl (C=O) groups excluding carboxylic acids is 2. The number of thioether (sulfide) groups is 1. The van der Waals surface area contributed by atoms with Gasteiger partial charge in [-0.3, -0.25) is 14.9 Å². The molecular weight excluding hydrogens is 468 g/mol. The molecule has 3 aromatic rings. The Morgan fingerprint density at radius 3 is 2.30 bits per heavy atom. The Balaban J connectivity index is 1.57. The largest absolute Gasteiger partial charge is 0.497 e. The molecule has 174 valence electrons. The van der Waals surface area contributed by atoms with Crippen molar-refractivity contribution in [3.05, 3.63) is 42.0 Å². The molecule has 2 N–H and O–H groups in total. The van der Waals surface area contributed by atoms with E-state index in [1.165, 1.54) is 33.1 Å². The van der Waals surface area contributed by atoms with Gasteiger partial charge in [-0.2, -0.15) is 0 Å². The van der Waals surface area contributed by atoms with Gasteiger partial charge in [0.25, 0.3) is 5.91 Å². The Labute approximate surface area is 198 Å². The first-order valence-corrected chi connectivity index (χ1v) is 11.3. The van der Waals surface area contributed by atoms with Gasteiger partial charge in [-0.1, -0.05) is 23.1 Å². The Bertz CT molecular complexity index is 1140. The van der Waals surface area contributed by atoms with Gasteiger partial charge in [0.05, 0.1) is 39.9 Å². The zero-order valence-electron chi connectivity index (χ0n) is 18.3. The fraction of sp³-hybridized carbons (Fsp3) is 0.238. The van der Waals surface area contributed by atoms with Crippen molar-refractivity contribution in [1.29, 1.82) is 0 Å². The molecule has 1 aromatic heterocycles. The molecule has 0 saturated heterocycles. The number of nitrogens with zero attached hydrogens (tertiary/aromatic N) is 2. The molecule has 0 spiro atoms. The van der Waals surface area contributed by atoms with E-state index in [9.17, 15) is 9.59 Å². The molecule has 1 heterocycles. The summed E-state index contributed by atoms with van der Waals surface area (Å²) >= 11 is 2.36. The molecule has 0 fully saturated rings. The lowest BCUT2D eigenvalue weighted by atomic mass is 10.2. The van der Waals surface area contributed by atoms with Crippen LogP contribution in [0.15, 0.2) is 40.7 Å². The first kappa shape index (κ1) is 24.1. The van der Waals surface area contributed by atoms with Crippen molar-refractivity contribution < 1.29 is 28.5 Å². The molecule has 2 amide bonds. The topological polar surface area (TPSA) is 121 Å². The summed E-state index contributed by atoms with van der Waals surface area (Å²) in [6.07, 6.45) is 0. The van der Waals surface area contributed by atoms with Crippen molar-refractivity contribution in [1.82, 2.24) is 10.2 Å². The highest BCUT2D eigenvalue weighted by atomic mass is 32.2. The molecule has 3 rings (SSSR count). The second kappa shape index (κ2) is 11.4. The normalized spacial score (nSPS) is 10.3. The molecule has 0 aliphatic carbocycles. The molecule has 12 heteroatoms. The van der Waals surface area contributed by atoms with Crippen LogP contribution in [0.2, 0.25) is 0 Å². The lowest BCUT2D eigenvalue weighted by Gasteiger charge is -2.11. The fourth-order valence-corrected chi connectivity index (χ4v) is 4.24. The van der Waals surface area contributed by atoms with Crippen LogP contribution in [0.1, 0.15) is 10.4 Å². The van der Waals surface area contributed by atoms with E-state index in [-0.39, 0.29) is 17.6 Å². The van der Waals surface area contributed by atoms with Gasteiger partial charge in [0.15, 0.2) is 15.8 Å². The smallest absolute Gasteiger partial charge is 0.257 e. The maximum Gasteiger partial charge on any atom is 0.257 e. The van der Waals surface area contributed by atoms with Crippen molar-refractivity contribution in [2.45, 2.75) is 4.34 Å². The lowest BCUT2D eigenvalue weighted by molar-refractivity contribution is -0.113. The minimum absolute atomic E-state index is 0.0959. The lowest BCUT2D eigenvalue weighted by Crippen LogP contribution is -2.14. The van der Waals surface area contributed by atoms with Crippen molar-refractivity contribution >= 4 is 45.7 Å². The Hall–Kier alpha value is -3.51. The Kier molecular flexibility index (Phi) is 8.33. The van der Waals surface area contributed by atoms with Crippen LogP contribution in [-0.2, 0) is 4.79 Å². The van der Waals surface area contributed by atoms with Crippen molar-refractivity contribution in [3.8, 4) is 23.0 Å². The highest BCUT2D eigenvalue weighted by Gasteiger charge is 2.15. The SMILES string of the molecule is COc1ccc(OC)c(NC(=O)CSc2nnc(NC(=O)c3ccc(OC)c(OC)c3)s2)c1. The molecule has 2 aromatic carbocycles. The molecule has 33 heavy (non-hydrogen) atoms. The molecule has 0 bridgehead atoms. The van der Waals surface area contributed by atoms with Crippen molar-refractivity contribution in [3.63, 3.8) is 0 Å². The van der Waals surface area contributed by atoms with Crippen LogP contribution in [0.25, 0.3) is 0 Å². The van der Waals surface area contributed by atoms with E-state index >= 15 is 0 Å². The Morgan fingerprint density at radius 2 is 1.61 bits per heavy atom. The highest BCUT2D eigenvalue weighted by molar-refractivity contribution is 8.01. The first-order chi connectivity index (χ1) is 16.0. The van der Waals surface area contributed by atoms with E-state index in [0.29, 0.717) is 43.7 Å². The summed E-state index contributed by atoms with van der Waals surface area (Å²) in [7, 11) is 6.07. The van der Waals surface area contributed by atoms with E-state index in [4.69, 9.17) is 18.9 Å². The maximum absolute atomic E-state index is 12.5. The van der Waals surface area contributed by atoms with Gasteiger partial charge in [-0.05, 0) is 30.3 Å². The summed E-state index contributed by atoms with van der Waals surface area (Å²) < 4.78 is 21.4. The first-order valence-electron chi connectivity index (χ1n) is 9.49. The standard InChI is InChI=1S/C21H22N4O6S2/c1-28-13-6-8-15(29-2)14(10-13)22-18(26)11-32-21-25-24-20(33-21)23-19(27)12-5-7-16(30-3)17(9-12)31-4/h5-10H,11H2,1-4H3,(H,22,26)(H,23,24,27). The summed E-state index contributed by atoms with van der Waals surface area (Å²) in [6.45, 7) is 0. The van der Waals surface area contributed by atoms with Crippen LogP contribution in [0.3, 0.4) is 0 Å². The van der Waals surface area contributed by atoms with Crippen LogP contribution >= 0.6 is 23.1 Å². The van der Waals surface area contributed by atoms with E-state index in [1.54, 1.807) is 43.5 Å². The number of amides is 2. The number of aromatic nitrogens is 2. The minimum Gasteiger partial charge on any atom is -0.497 e. The van der Waals surface area contributed by atoms with Crippen LogP contribution in [0, 0.1) is 0 Å². The quantitative estimate of drug-likeness (QED) is 0.325. The second-order valence-electron chi connectivity index (χ2n) is 6.30. The predicted molar refractivity (Wildman–Crippen MR) is 126 cm³/mol. The summed E-state index contributed by atoms with van der Waals surface area (Å²) in [5.41, 5.74) is 0.881. The van der Waals surface area contributed by atoms with Crippen molar-refractivity contribution in [2.75, 3.05) is 44.8 Å². The molecular formula is C21H22N4O6S2. The number of nitrogens with one attached hydrogen (secondary N) is 2. The number of carbonyl (C=O) groups is 2. The molecule has 0 unspecified atom stereocenters. The number of benzene rings is 2. The third-order valence-electron chi connectivity index (χ3n) is 4.28. The molecule has 0 aliphatic heterocycles. The van der Waals surface area contributed by atoms with Crippen LogP contribution in [-0.4, -0.2) is 56.2 Å². The fourth-order valence-electron chi connectivity index (χ4n) is 2.69. The van der Waals surface area contributed by atoms with Gasteiger partial charge in [-0.15, -0.1) is 10.2 Å². The third-order valence-corrected chi connectivity index (χ3v) is 6.25. The number of hydrogen-bond acceptors (Lipinski definition) is 10. The number of ether oxygens (including phenoxy) is 4. The summed E-state index contributed by atoms with van der Waals surface area (Å²) in [5.74, 6) is 1.55. The van der Waals surface area contributed by atoms with Gasteiger partial charge in [0.1, 0.15) is 11.5 Å². The summed E-state index contributed by atoms with van der Waals surface area (Å²) in [6, 6.07) is 9.95. The number of anilines is 2. The summed E-state index contributed by atoms with van der Waals surface area (Å²) in [4.78, 5) is 24.9. The molecule has 0 atom stereocenters. The van der Waals surface area contributed by atoms with Gasteiger partial charge in [0, 0.05) is 11.6 Å². The number of rotatable bonds is 10. The van der Waals surface area contributed by atoms with E-state index in [2.05, 4.69) is 20.8 Å². The molecule has 10 nitrogen and oxygen atoms in total. The molecule has 0 saturated carbocycles. The zero-order chi connectivity index (χ0) is 23.8. The zero-order valence-corrected chi connectivity index (χ0v) is 20.0. The van der Waals surface area contributed by atoms with Crippen molar-refractivity contribution in [2.24, 2.45) is 0 Å². The third kappa shape index (κ3) is 6.26. The monoisotopic (exact) mass is 490 g/mol. The average molecular weight is 491 g/mol. The Morgan fingerprint density at radius 1 is 0.879 bits per heavy atom. The molecule has 0 aliphatic rings. The average Bonchev–Trinajstić information content (AvgIpc) is 3.29. The van der Waals surface area contributed by atoms with E-state index < -0.39 is 0 Å². The van der Waals surface area contributed by atoms with Gasteiger partial charge in [0.2, 0.25) is 11.0 Å². The highest BCUT2D eigenvalue weighted by Crippen LogP contribution is 2.31. The number of hydrogen-bond donors (Lipinski definition) is 2. The van der Waals surface area contributed by atoms with Crippen LogP contribution in [0.5, 0.6) is 23.0 Å². The molecule has 0 radical (unpaired) electrons. The summed E-state index contributed by atoms with van der Waals surface area (Å²) in [5, 5.41) is 13.8. The second-order valence-corrected chi connectivity index (χ2v) is 8.50. The maximum atomic E-state index is 12.5. The number of methoxy groups -OCH3 is 4. The van der Waals surface area contributed by atoms with E-state index in [1.807, 2.05) is 0 Å². The minimum atomic E-state index is -0.369. The van der Waals surface area contributed by atoms with Crippen LogP contribution in [0.4, 0.5) is 10.8 Å². The van der Waals surface area contributed by atoms with Gasteiger partial charge >= 0.3 is 0 Å². The van der Waals surface area contributed by atoms with Gasteiger partial charge in [-0.25, -0.2) is 0 Å². The predicted octanol–water partition coefficient (Wildman–Crippen LogP) is 3.56. The van der Waals surface area contributed by atoms with Gasteiger partial charge < -0.3 is 24.3 Å². The van der Waals surface area contributed by atoms with Crippen LogP contribution < -0.4 is 29.6 Å². The van der Waals surface area contributed by atoms with E-state index in [0.717, 1.165) is 11.3 Å².